The van der Waals surface area contributed by atoms with E-state index in [-0.39, 0.29) is 24.5 Å². The van der Waals surface area contributed by atoms with Gasteiger partial charge >= 0.3 is 0 Å². The van der Waals surface area contributed by atoms with E-state index < -0.39 is 23.0 Å². The van der Waals surface area contributed by atoms with Crippen LogP contribution in [0.3, 0.4) is 0 Å². The molecule has 0 aliphatic carbocycles. The van der Waals surface area contributed by atoms with E-state index in [1.54, 1.807) is 48.5 Å². The van der Waals surface area contributed by atoms with Gasteiger partial charge < -0.3 is 24.8 Å². The first-order chi connectivity index (χ1) is 16.4. The molecule has 0 spiro atoms. The van der Waals surface area contributed by atoms with Gasteiger partial charge in [0.2, 0.25) is 5.43 Å². The Hall–Kier alpha value is -4.31. The summed E-state index contributed by atoms with van der Waals surface area (Å²) in [4.78, 5) is 40.2. The van der Waals surface area contributed by atoms with Crippen molar-refractivity contribution in [2.24, 2.45) is 0 Å². The van der Waals surface area contributed by atoms with Gasteiger partial charge in [-0.15, -0.1) is 0 Å². The quantitative estimate of drug-likeness (QED) is 0.551. The van der Waals surface area contributed by atoms with Crippen molar-refractivity contribution in [1.82, 2.24) is 9.58 Å². The predicted molar refractivity (Wildman–Crippen MR) is 125 cm³/mol. The van der Waals surface area contributed by atoms with Gasteiger partial charge in [-0.25, -0.2) is 0 Å². The summed E-state index contributed by atoms with van der Waals surface area (Å²) >= 11 is 0. The zero-order valence-corrected chi connectivity index (χ0v) is 18.7. The summed E-state index contributed by atoms with van der Waals surface area (Å²) in [5, 5.41) is 14.8. The van der Waals surface area contributed by atoms with Crippen LogP contribution in [0.25, 0.3) is 0 Å². The second-order valence-corrected chi connectivity index (χ2v) is 7.64. The molecule has 10 heteroatoms. The molecule has 0 bridgehead atoms. The maximum atomic E-state index is 13.0. The van der Waals surface area contributed by atoms with Crippen LogP contribution in [-0.4, -0.2) is 60.5 Å². The number of para-hydroxylation sites is 3. The van der Waals surface area contributed by atoms with Gasteiger partial charge in [0.25, 0.3) is 11.8 Å². The highest BCUT2D eigenvalue weighted by Gasteiger charge is 2.33. The lowest BCUT2D eigenvalue weighted by atomic mass is 10.1. The smallest absolute Gasteiger partial charge is 0.277 e. The Morgan fingerprint density at radius 1 is 1.09 bits per heavy atom. The number of anilines is 1. The third-order valence-electron chi connectivity index (χ3n) is 5.31. The molecule has 1 aliphatic heterocycles. The molecule has 0 fully saturated rings. The molecule has 0 saturated heterocycles. The molecular formula is C24H24N4O6. The number of ether oxygens (including phenoxy) is 2. The SMILES string of the molecule is COCCN1CN(C)n2cc(C(=O)Nc3ccccc3Oc3ccccc3)c(=O)c(O)c2C1=O. The third kappa shape index (κ3) is 4.44. The standard InChI is InChI=1S/C24H24N4O6/c1-26-15-27(12-13-33-2)24(32)20-22(30)21(29)17(14-28(20)26)23(31)25-18-10-6-7-11-19(18)34-16-8-4-3-5-9-16/h3-11,14,30H,12-13,15H2,1-2H3,(H,25,31). The average Bonchev–Trinajstić information content (AvgIpc) is 2.84. The summed E-state index contributed by atoms with van der Waals surface area (Å²) in [6.45, 7) is 0.773. The van der Waals surface area contributed by atoms with Crippen molar-refractivity contribution < 1.29 is 24.2 Å². The van der Waals surface area contributed by atoms with Gasteiger partial charge in [0.1, 0.15) is 18.0 Å². The summed E-state index contributed by atoms with van der Waals surface area (Å²) < 4.78 is 12.2. The van der Waals surface area contributed by atoms with Crippen LogP contribution in [0.1, 0.15) is 20.8 Å². The fourth-order valence-electron chi connectivity index (χ4n) is 3.59. The van der Waals surface area contributed by atoms with Gasteiger partial charge in [0, 0.05) is 26.9 Å². The Morgan fingerprint density at radius 2 is 1.79 bits per heavy atom. The van der Waals surface area contributed by atoms with Crippen LogP contribution in [0.5, 0.6) is 17.2 Å². The first-order valence-corrected chi connectivity index (χ1v) is 10.5. The molecule has 2 heterocycles. The van der Waals surface area contributed by atoms with Gasteiger partial charge in [0.15, 0.2) is 17.2 Å². The van der Waals surface area contributed by atoms with Crippen LogP contribution in [0.2, 0.25) is 0 Å². The zero-order chi connectivity index (χ0) is 24.2. The molecule has 0 saturated carbocycles. The minimum Gasteiger partial charge on any atom is -0.502 e. The average molecular weight is 464 g/mol. The van der Waals surface area contributed by atoms with Crippen LogP contribution in [0.15, 0.2) is 65.6 Å². The lowest BCUT2D eigenvalue weighted by Gasteiger charge is -2.37. The van der Waals surface area contributed by atoms with Crippen molar-refractivity contribution in [3.05, 3.63) is 82.3 Å². The number of aromatic nitrogens is 1. The molecule has 3 aromatic rings. The summed E-state index contributed by atoms with van der Waals surface area (Å²) in [6.07, 6.45) is 1.25. The number of amides is 2. The van der Waals surface area contributed by atoms with Crippen molar-refractivity contribution in [3.63, 3.8) is 0 Å². The highest BCUT2D eigenvalue weighted by molar-refractivity contribution is 6.06. The number of benzene rings is 2. The summed E-state index contributed by atoms with van der Waals surface area (Å²) in [6, 6.07) is 15.8. The van der Waals surface area contributed by atoms with Crippen LogP contribution >= 0.6 is 0 Å². The Bertz CT molecular complexity index is 1270. The molecule has 0 unspecified atom stereocenters. The largest absolute Gasteiger partial charge is 0.502 e. The Labute approximate surface area is 195 Å². The Balaban J connectivity index is 1.64. The van der Waals surface area contributed by atoms with Crippen molar-refractivity contribution in [1.29, 1.82) is 0 Å². The lowest BCUT2D eigenvalue weighted by molar-refractivity contribution is 0.0629. The van der Waals surface area contributed by atoms with Crippen molar-refractivity contribution in [2.45, 2.75) is 0 Å². The minimum atomic E-state index is -0.944. The number of hydrogen-bond acceptors (Lipinski definition) is 7. The number of carbonyl (C=O) groups is 2. The first-order valence-electron chi connectivity index (χ1n) is 10.5. The van der Waals surface area contributed by atoms with E-state index in [4.69, 9.17) is 9.47 Å². The molecule has 176 valence electrons. The number of nitrogens with zero attached hydrogens (tertiary/aromatic N) is 3. The zero-order valence-electron chi connectivity index (χ0n) is 18.7. The van der Waals surface area contributed by atoms with Crippen LogP contribution < -0.4 is 20.5 Å². The van der Waals surface area contributed by atoms with Crippen LogP contribution in [-0.2, 0) is 4.74 Å². The maximum Gasteiger partial charge on any atom is 0.277 e. The molecule has 1 aliphatic rings. The van der Waals surface area contributed by atoms with E-state index in [0.717, 1.165) is 0 Å². The van der Waals surface area contributed by atoms with Crippen LogP contribution in [0, 0.1) is 0 Å². The summed E-state index contributed by atoms with van der Waals surface area (Å²) in [5.74, 6) is -1.11. The fourth-order valence-corrected chi connectivity index (χ4v) is 3.59. The molecule has 0 atom stereocenters. The molecule has 2 amide bonds. The molecule has 2 aromatic carbocycles. The maximum absolute atomic E-state index is 13.0. The van der Waals surface area contributed by atoms with Gasteiger partial charge in [-0.05, 0) is 24.3 Å². The van der Waals surface area contributed by atoms with Gasteiger partial charge in [0.05, 0.1) is 12.3 Å². The van der Waals surface area contributed by atoms with Crippen LogP contribution in [0.4, 0.5) is 5.69 Å². The van der Waals surface area contributed by atoms with Gasteiger partial charge in [-0.1, -0.05) is 30.3 Å². The highest BCUT2D eigenvalue weighted by Crippen LogP contribution is 2.29. The van der Waals surface area contributed by atoms with E-state index in [0.29, 0.717) is 23.8 Å². The van der Waals surface area contributed by atoms with Crippen molar-refractivity contribution >= 4 is 17.5 Å². The summed E-state index contributed by atoms with van der Waals surface area (Å²) in [5.41, 5.74) is -1.13. The number of nitrogens with one attached hydrogen (secondary N) is 1. The highest BCUT2D eigenvalue weighted by atomic mass is 16.5. The van der Waals surface area contributed by atoms with E-state index >= 15 is 0 Å². The van der Waals surface area contributed by atoms with E-state index in [1.807, 2.05) is 18.2 Å². The number of rotatable bonds is 7. The van der Waals surface area contributed by atoms with Crippen molar-refractivity contribution in [2.75, 3.05) is 44.3 Å². The number of methoxy groups -OCH3 is 1. The second kappa shape index (κ2) is 9.67. The van der Waals surface area contributed by atoms with Crippen molar-refractivity contribution in [3.8, 4) is 17.2 Å². The molecule has 0 radical (unpaired) electrons. The molecule has 34 heavy (non-hydrogen) atoms. The normalized spacial score (nSPS) is 12.9. The molecular weight excluding hydrogens is 440 g/mol. The number of carbonyl (C=O) groups excluding carboxylic acids is 2. The van der Waals surface area contributed by atoms with Gasteiger partial charge in [-0.2, -0.15) is 0 Å². The molecule has 1 aromatic heterocycles. The number of hydrogen-bond donors (Lipinski definition) is 2. The van der Waals surface area contributed by atoms with E-state index in [1.165, 1.54) is 22.9 Å². The number of aromatic hydroxyl groups is 1. The Kier molecular flexibility index (Phi) is 6.51. The minimum absolute atomic E-state index is 0.187. The molecule has 2 N–H and O–H groups in total. The third-order valence-corrected chi connectivity index (χ3v) is 5.31. The number of fused-ring (bicyclic) bond motifs is 1. The molecule has 4 rings (SSSR count). The first kappa shape index (κ1) is 22.9. The van der Waals surface area contributed by atoms with E-state index in [2.05, 4.69) is 5.32 Å². The van der Waals surface area contributed by atoms with Gasteiger partial charge in [-0.3, -0.25) is 24.1 Å². The fraction of sp³-hybridized carbons (Fsp3) is 0.208. The topological polar surface area (TPSA) is 113 Å². The van der Waals surface area contributed by atoms with E-state index in [9.17, 15) is 19.5 Å². The predicted octanol–water partition coefficient (Wildman–Crippen LogP) is 2.23. The Morgan fingerprint density at radius 3 is 2.53 bits per heavy atom. The number of pyridine rings is 1. The molecule has 10 nitrogen and oxygen atoms in total. The monoisotopic (exact) mass is 464 g/mol. The lowest BCUT2D eigenvalue weighted by Crippen LogP contribution is -2.53. The summed E-state index contributed by atoms with van der Waals surface area (Å²) in [7, 11) is 3.19. The second-order valence-electron chi connectivity index (χ2n) is 7.64.